The first-order valence-corrected chi connectivity index (χ1v) is 5.92. The van der Waals surface area contributed by atoms with Crippen molar-refractivity contribution in [2.24, 2.45) is 0 Å². The number of carbonyl (C=O) groups is 1. The molecule has 0 unspecified atom stereocenters. The molecule has 0 aliphatic carbocycles. The van der Waals surface area contributed by atoms with Gasteiger partial charge in [-0.2, -0.15) is 0 Å². The molecule has 0 fully saturated rings. The van der Waals surface area contributed by atoms with Crippen LogP contribution < -0.4 is 0 Å². The molecule has 0 atom stereocenters. The molecule has 0 radical (unpaired) electrons. The number of rotatable bonds is 6. The lowest BCUT2D eigenvalue weighted by molar-refractivity contribution is -0.139. The van der Waals surface area contributed by atoms with Crippen LogP contribution in [0.3, 0.4) is 0 Å². The fraction of sp³-hybridized carbons (Fsp3) is 0.500. The van der Waals surface area contributed by atoms with Crippen LogP contribution in [0.15, 0.2) is 36.1 Å². The van der Waals surface area contributed by atoms with Crippen molar-refractivity contribution in [1.29, 1.82) is 0 Å². The SMILES string of the molecule is C=C1C=C(CCCCC/C=C/C)OC(=O)C1. The lowest BCUT2D eigenvalue weighted by Crippen LogP contribution is -2.10. The molecular formula is C14H20O2. The largest absolute Gasteiger partial charge is 0.431 e. The number of carbonyl (C=O) groups excluding carboxylic acids is 1. The second kappa shape index (κ2) is 7.04. The molecule has 0 bridgehead atoms. The van der Waals surface area contributed by atoms with Crippen LogP contribution in [-0.2, 0) is 9.53 Å². The molecule has 0 saturated heterocycles. The van der Waals surface area contributed by atoms with E-state index in [-0.39, 0.29) is 5.97 Å². The van der Waals surface area contributed by atoms with Gasteiger partial charge in [-0.15, -0.1) is 0 Å². The third-order valence-corrected chi connectivity index (χ3v) is 2.51. The minimum Gasteiger partial charge on any atom is -0.431 e. The van der Waals surface area contributed by atoms with Crippen LogP contribution in [0.1, 0.15) is 45.4 Å². The predicted molar refractivity (Wildman–Crippen MR) is 65.8 cm³/mol. The third-order valence-electron chi connectivity index (χ3n) is 2.51. The van der Waals surface area contributed by atoms with Gasteiger partial charge in [0.05, 0.1) is 6.42 Å². The smallest absolute Gasteiger partial charge is 0.315 e. The van der Waals surface area contributed by atoms with Gasteiger partial charge in [0, 0.05) is 6.42 Å². The summed E-state index contributed by atoms with van der Waals surface area (Å²) in [4.78, 5) is 11.1. The van der Waals surface area contributed by atoms with Crippen molar-refractivity contribution in [3.05, 3.63) is 36.1 Å². The maximum atomic E-state index is 11.1. The second-order valence-corrected chi connectivity index (χ2v) is 4.09. The van der Waals surface area contributed by atoms with E-state index in [1.807, 2.05) is 13.0 Å². The first kappa shape index (κ1) is 12.8. The Bertz CT molecular complexity index is 311. The molecule has 0 amide bonds. The summed E-state index contributed by atoms with van der Waals surface area (Å²) in [5, 5.41) is 0. The van der Waals surface area contributed by atoms with Gasteiger partial charge in [-0.3, -0.25) is 4.79 Å². The molecule has 16 heavy (non-hydrogen) atoms. The van der Waals surface area contributed by atoms with Gasteiger partial charge in [-0.05, 0) is 37.8 Å². The number of esters is 1. The van der Waals surface area contributed by atoms with Crippen molar-refractivity contribution in [2.45, 2.75) is 45.4 Å². The molecule has 2 heteroatoms. The Morgan fingerprint density at radius 1 is 1.44 bits per heavy atom. The summed E-state index contributed by atoms with van der Waals surface area (Å²) in [5.74, 6) is 0.615. The lowest BCUT2D eigenvalue weighted by atomic mass is 10.1. The summed E-state index contributed by atoms with van der Waals surface area (Å²) in [6.07, 6.45) is 11.9. The zero-order valence-corrected chi connectivity index (χ0v) is 10.00. The average molecular weight is 220 g/mol. The number of hydrogen-bond acceptors (Lipinski definition) is 2. The van der Waals surface area contributed by atoms with E-state index >= 15 is 0 Å². The van der Waals surface area contributed by atoms with Crippen LogP contribution in [-0.4, -0.2) is 5.97 Å². The van der Waals surface area contributed by atoms with Crippen LogP contribution in [0.2, 0.25) is 0 Å². The second-order valence-electron chi connectivity index (χ2n) is 4.09. The van der Waals surface area contributed by atoms with Crippen molar-refractivity contribution < 1.29 is 9.53 Å². The summed E-state index contributed by atoms with van der Waals surface area (Å²) in [5.41, 5.74) is 0.861. The van der Waals surface area contributed by atoms with Gasteiger partial charge in [0.1, 0.15) is 5.76 Å². The maximum absolute atomic E-state index is 11.1. The minimum absolute atomic E-state index is 0.170. The fourth-order valence-electron chi connectivity index (χ4n) is 1.70. The molecule has 0 aromatic heterocycles. The van der Waals surface area contributed by atoms with Crippen LogP contribution in [0.5, 0.6) is 0 Å². The molecule has 88 valence electrons. The van der Waals surface area contributed by atoms with Gasteiger partial charge in [-0.1, -0.05) is 25.2 Å². The van der Waals surface area contributed by atoms with Crippen molar-refractivity contribution in [2.75, 3.05) is 0 Å². The molecule has 0 N–H and O–H groups in total. The van der Waals surface area contributed by atoms with E-state index in [0.29, 0.717) is 6.42 Å². The average Bonchev–Trinajstić information content (AvgIpc) is 2.22. The van der Waals surface area contributed by atoms with E-state index < -0.39 is 0 Å². The van der Waals surface area contributed by atoms with Gasteiger partial charge in [-0.25, -0.2) is 0 Å². The molecule has 0 aromatic carbocycles. The van der Waals surface area contributed by atoms with E-state index in [0.717, 1.165) is 30.6 Å². The van der Waals surface area contributed by atoms with Crippen molar-refractivity contribution >= 4 is 5.97 Å². The summed E-state index contributed by atoms with van der Waals surface area (Å²) in [6, 6.07) is 0. The Morgan fingerprint density at radius 2 is 2.25 bits per heavy atom. The Balaban J connectivity index is 2.17. The number of unbranched alkanes of at least 4 members (excludes halogenated alkanes) is 3. The molecule has 1 heterocycles. The number of hydrogen-bond donors (Lipinski definition) is 0. The van der Waals surface area contributed by atoms with Crippen molar-refractivity contribution in [1.82, 2.24) is 0 Å². The monoisotopic (exact) mass is 220 g/mol. The van der Waals surface area contributed by atoms with Crippen LogP contribution in [0.4, 0.5) is 0 Å². The zero-order valence-electron chi connectivity index (χ0n) is 10.00. The predicted octanol–water partition coefficient (Wildman–Crippen LogP) is 3.90. The summed E-state index contributed by atoms with van der Waals surface area (Å²) >= 11 is 0. The van der Waals surface area contributed by atoms with Crippen LogP contribution in [0.25, 0.3) is 0 Å². The molecular weight excluding hydrogens is 200 g/mol. The fourth-order valence-corrected chi connectivity index (χ4v) is 1.70. The Hall–Kier alpha value is -1.31. The van der Waals surface area contributed by atoms with Gasteiger partial charge < -0.3 is 4.74 Å². The number of allylic oxidation sites excluding steroid dienone is 4. The highest BCUT2D eigenvalue weighted by atomic mass is 16.5. The Morgan fingerprint density at radius 3 is 2.94 bits per heavy atom. The maximum Gasteiger partial charge on any atom is 0.315 e. The van der Waals surface area contributed by atoms with Crippen LogP contribution in [0, 0.1) is 0 Å². The van der Waals surface area contributed by atoms with E-state index in [2.05, 4.69) is 18.7 Å². The van der Waals surface area contributed by atoms with Crippen LogP contribution >= 0.6 is 0 Å². The van der Waals surface area contributed by atoms with E-state index in [1.54, 1.807) is 0 Å². The highest BCUT2D eigenvalue weighted by Gasteiger charge is 2.14. The zero-order chi connectivity index (χ0) is 11.8. The first-order valence-electron chi connectivity index (χ1n) is 5.92. The normalized spacial score (nSPS) is 16.4. The van der Waals surface area contributed by atoms with E-state index in [1.165, 1.54) is 12.8 Å². The Labute approximate surface area is 97.7 Å². The number of ether oxygens (including phenoxy) is 1. The summed E-state index contributed by atoms with van der Waals surface area (Å²) < 4.78 is 5.13. The lowest BCUT2D eigenvalue weighted by Gasteiger charge is -2.14. The molecule has 0 aromatic rings. The summed E-state index contributed by atoms with van der Waals surface area (Å²) in [6.45, 7) is 5.84. The van der Waals surface area contributed by atoms with Gasteiger partial charge in [0.2, 0.25) is 0 Å². The molecule has 1 aliphatic rings. The van der Waals surface area contributed by atoms with Crippen molar-refractivity contribution in [3.8, 4) is 0 Å². The minimum atomic E-state index is -0.170. The molecule has 1 rings (SSSR count). The molecule has 0 saturated carbocycles. The highest BCUT2D eigenvalue weighted by Crippen LogP contribution is 2.20. The third kappa shape index (κ3) is 4.96. The van der Waals surface area contributed by atoms with E-state index in [4.69, 9.17) is 4.74 Å². The Kier molecular flexibility index (Phi) is 5.62. The summed E-state index contributed by atoms with van der Waals surface area (Å²) in [7, 11) is 0. The topological polar surface area (TPSA) is 26.3 Å². The van der Waals surface area contributed by atoms with E-state index in [9.17, 15) is 4.79 Å². The molecule has 2 nitrogen and oxygen atoms in total. The standard InChI is InChI=1S/C14H20O2/c1-3-4-5-6-7-8-9-13-10-12(2)11-14(15)16-13/h3-4,10H,2,5-9,11H2,1H3/b4-3+. The number of cyclic esters (lactones) is 1. The van der Waals surface area contributed by atoms with Gasteiger partial charge >= 0.3 is 5.97 Å². The van der Waals surface area contributed by atoms with Gasteiger partial charge in [0.15, 0.2) is 0 Å². The quantitative estimate of drug-likeness (QED) is 0.385. The van der Waals surface area contributed by atoms with Crippen molar-refractivity contribution in [3.63, 3.8) is 0 Å². The highest BCUT2D eigenvalue weighted by molar-refractivity contribution is 5.76. The molecule has 1 aliphatic heterocycles. The first-order chi connectivity index (χ1) is 7.72. The molecule has 0 spiro atoms. The van der Waals surface area contributed by atoms with Gasteiger partial charge in [0.25, 0.3) is 0 Å².